The average Bonchev–Trinajstić information content (AvgIpc) is 3.12. The van der Waals surface area contributed by atoms with Gasteiger partial charge in [-0.05, 0) is 25.5 Å². The molecule has 0 spiro atoms. The molecule has 1 aromatic rings. The number of para-hydroxylation sites is 1. The second-order valence-electron chi connectivity index (χ2n) is 6.91. The first-order valence-electron chi connectivity index (χ1n) is 8.98. The van der Waals surface area contributed by atoms with E-state index in [1.165, 1.54) is 0 Å². The van der Waals surface area contributed by atoms with Gasteiger partial charge < -0.3 is 20.3 Å². The Balaban J connectivity index is 0.00000196. The lowest BCUT2D eigenvalue weighted by molar-refractivity contribution is -0.122. The first-order chi connectivity index (χ1) is 12.1. The molecule has 26 heavy (non-hydrogen) atoms. The van der Waals surface area contributed by atoms with E-state index in [1.54, 1.807) is 25.1 Å². The molecule has 8 heteroatoms. The van der Waals surface area contributed by atoms with Gasteiger partial charge in [-0.3, -0.25) is 14.5 Å². The molecule has 0 radical (unpaired) electrons. The molecule has 3 aliphatic heterocycles. The van der Waals surface area contributed by atoms with Crippen LogP contribution in [0.5, 0.6) is 5.75 Å². The van der Waals surface area contributed by atoms with Gasteiger partial charge in [-0.2, -0.15) is 0 Å². The number of halogens is 1. The van der Waals surface area contributed by atoms with Gasteiger partial charge in [-0.25, -0.2) is 0 Å². The molecular weight excluding hydrogens is 356 g/mol. The van der Waals surface area contributed by atoms with Gasteiger partial charge in [-0.1, -0.05) is 6.07 Å². The Morgan fingerprint density at radius 3 is 2.77 bits per heavy atom. The summed E-state index contributed by atoms with van der Waals surface area (Å²) < 4.78 is 5.72. The maximum absolute atomic E-state index is 13.0. The molecule has 1 aromatic carbocycles. The number of ether oxygens (including phenoxy) is 1. The number of carbonyl (C=O) groups is 2. The van der Waals surface area contributed by atoms with Gasteiger partial charge in [0.2, 0.25) is 0 Å². The maximum Gasteiger partial charge on any atom is 0.265 e. The minimum Gasteiger partial charge on any atom is -0.478 e. The van der Waals surface area contributed by atoms with Crippen LogP contribution in [0.25, 0.3) is 0 Å². The number of likely N-dealkylation sites (tertiary alicyclic amines) is 1. The van der Waals surface area contributed by atoms with Gasteiger partial charge in [0, 0.05) is 45.3 Å². The number of nitrogens with one attached hydrogen (secondary N) is 2. The summed E-state index contributed by atoms with van der Waals surface area (Å²) in [7, 11) is 0. The van der Waals surface area contributed by atoms with Crippen molar-refractivity contribution in [2.24, 2.45) is 0 Å². The Labute approximate surface area is 159 Å². The molecule has 0 aliphatic carbocycles. The SMILES string of the molecule is CC1Oc2c(cccc2C(=O)N2CCC(N3CCNCC3)C2)NC1=O.Cl. The smallest absolute Gasteiger partial charge is 0.265 e. The van der Waals surface area contributed by atoms with Gasteiger partial charge in [0.15, 0.2) is 11.9 Å². The summed E-state index contributed by atoms with van der Waals surface area (Å²) in [4.78, 5) is 29.2. The molecule has 142 valence electrons. The van der Waals surface area contributed by atoms with Crippen molar-refractivity contribution in [1.29, 1.82) is 0 Å². The normalized spacial score (nSPS) is 25.7. The zero-order chi connectivity index (χ0) is 17.4. The Morgan fingerprint density at radius 1 is 1.23 bits per heavy atom. The van der Waals surface area contributed by atoms with Crippen molar-refractivity contribution in [2.75, 3.05) is 44.6 Å². The Morgan fingerprint density at radius 2 is 2.00 bits per heavy atom. The van der Waals surface area contributed by atoms with E-state index in [1.807, 2.05) is 4.90 Å². The molecule has 3 aliphatic rings. The minimum absolute atomic E-state index is 0. The number of benzene rings is 1. The third-order valence-corrected chi connectivity index (χ3v) is 5.29. The minimum atomic E-state index is -0.589. The van der Waals surface area contributed by atoms with Crippen LogP contribution in [0, 0.1) is 0 Å². The second-order valence-corrected chi connectivity index (χ2v) is 6.91. The summed E-state index contributed by atoms with van der Waals surface area (Å²) >= 11 is 0. The van der Waals surface area contributed by atoms with E-state index in [-0.39, 0.29) is 24.2 Å². The van der Waals surface area contributed by atoms with Crippen LogP contribution >= 0.6 is 12.4 Å². The third-order valence-electron chi connectivity index (χ3n) is 5.29. The number of anilines is 1. The van der Waals surface area contributed by atoms with Crippen molar-refractivity contribution in [3.8, 4) is 5.75 Å². The molecule has 0 saturated carbocycles. The lowest BCUT2D eigenvalue weighted by atomic mass is 10.1. The zero-order valence-electron chi connectivity index (χ0n) is 14.9. The van der Waals surface area contributed by atoms with Crippen LogP contribution in [-0.4, -0.2) is 73.0 Å². The standard InChI is InChI=1S/C18H24N4O3.ClH/c1-12-17(23)20-15-4-2-3-14(16(15)25-12)18(24)22-8-5-13(11-22)21-9-6-19-7-10-21;/h2-4,12-13,19H,5-11H2,1H3,(H,20,23);1H. The highest BCUT2D eigenvalue weighted by atomic mass is 35.5. The first kappa shape index (κ1) is 18.9. The number of piperazine rings is 1. The van der Waals surface area contributed by atoms with E-state index in [0.717, 1.165) is 45.7 Å². The molecule has 0 aromatic heterocycles. The van der Waals surface area contributed by atoms with Crippen molar-refractivity contribution in [3.63, 3.8) is 0 Å². The molecule has 3 heterocycles. The lowest BCUT2D eigenvalue weighted by Gasteiger charge is -2.32. The highest BCUT2D eigenvalue weighted by molar-refractivity contribution is 6.04. The van der Waals surface area contributed by atoms with E-state index in [4.69, 9.17) is 4.74 Å². The number of nitrogens with zero attached hydrogens (tertiary/aromatic N) is 2. The highest BCUT2D eigenvalue weighted by Gasteiger charge is 2.34. The molecule has 2 amide bonds. The number of amides is 2. The van der Waals surface area contributed by atoms with E-state index >= 15 is 0 Å². The first-order valence-corrected chi connectivity index (χ1v) is 8.98. The molecular formula is C18H25ClN4O3. The van der Waals surface area contributed by atoms with Gasteiger partial charge in [-0.15, -0.1) is 12.4 Å². The van der Waals surface area contributed by atoms with Gasteiger partial charge in [0.05, 0.1) is 11.3 Å². The van der Waals surface area contributed by atoms with Crippen LogP contribution in [0.3, 0.4) is 0 Å². The fraction of sp³-hybridized carbons (Fsp3) is 0.556. The molecule has 2 unspecified atom stereocenters. The van der Waals surface area contributed by atoms with E-state index in [2.05, 4.69) is 15.5 Å². The van der Waals surface area contributed by atoms with Crippen LogP contribution < -0.4 is 15.4 Å². The van der Waals surface area contributed by atoms with E-state index < -0.39 is 6.10 Å². The Bertz CT molecular complexity index is 693. The van der Waals surface area contributed by atoms with Crippen molar-refractivity contribution in [1.82, 2.24) is 15.1 Å². The maximum atomic E-state index is 13.0. The fourth-order valence-electron chi connectivity index (χ4n) is 3.84. The van der Waals surface area contributed by atoms with Crippen molar-refractivity contribution in [3.05, 3.63) is 23.8 Å². The van der Waals surface area contributed by atoms with Crippen LogP contribution in [0.15, 0.2) is 18.2 Å². The van der Waals surface area contributed by atoms with Crippen LogP contribution in [0.1, 0.15) is 23.7 Å². The Hall–Kier alpha value is -1.83. The second kappa shape index (κ2) is 7.82. The topological polar surface area (TPSA) is 73.9 Å². The van der Waals surface area contributed by atoms with Crippen LogP contribution in [-0.2, 0) is 4.79 Å². The van der Waals surface area contributed by atoms with Gasteiger partial charge in [0.1, 0.15) is 0 Å². The third kappa shape index (κ3) is 3.51. The van der Waals surface area contributed by atoms with E-state index in [9.17, 15) is 9.59 Å². The van der Waals surface area contributed by atoms with Gasteiger partial charge >= 0.3 is 0 Å². The van der Waals surface area contributed by atoms with Crippen molar-refractivity contribution < 1.29 is 14.3 Å². The summed E-state index contributed by atoms with van der Waals surface area (Å²) in [5.74, 6) is 0.292. The predicted molar refractivity (Wildman–Crippen MR) is 101 cm³/mol. The number of rotatable bonds is 2. The highest BCUT2D eigenvalue weighted by Crippen LogP contribution is 2.34. The fourth-order valence-corrected chi connectivity index (χ4v) is 3.84. The number of fused-ring (bicyclic) bond motifs is 1. The molecule has 7 nitrogen and oxygen atoms in total. The average molecular weight is 381 g/mol. The van der Waals surface area contributed by atoms with Crippen LogP contribution in [0.2, 0.25) is 0 Å². The number of carbonyl (C=O) groups excluding carboxylic acids is 2. The Kier molecular flexibility index (Phi) is 5.70. The number of hydrogen-bond acceptors (Lipinski definition) is 5. The van der Waals surface area contributed by atoms with Crippen molar-refractivity contribution >= 4 is 29.9 Å². The van der Waals surface area contributed by atoms with Crippen LogP contribution in [0.4, 0.5) is 5.69 Å². The summed E-state index contributed by atoms with van der Waals surface area (Å²) in [6.07, 6.45) is 0.419. The summed E-state index contributed by atoms with van der Waals surface area (Å²) in [5.41, 5.74) is 1.11. The molecule has 2 fully saturated rings. The number of hydrogen-bond donors (Lipinski definition) is 2. The monoisotopic (exact) mass is 380 g/mol. The summed E-state index contributed by atoms with van der Waals surface area (Å²) in [5, 5.41) is 6.17. The molecule has 0 bridgehead atoms. The van der Waals surface area contributed by atoms with E-state index in [0.29, 0.717) is 23.0 Å². The lowest BCUT2D eigenvalue weighted by Crippen LogP contribution is -2.49. The predicted octanol–water partition coefficient (Wildman–Crippen LogP) is 0.947. The molecule has 2 atom stereocenters. The zero-order valence-corrected chi connectivity index (χ0v) is 15.7. The molecule has 4 rings (SSSR count). The van der Waals surface area contributed by atoms with Crippen molar-refractivity contribution in [2.45, 2.75) is 25.5 Å². The molecule has 2 saturated heterocycles. The summed E-state index contributed by atoms with van der Waals surface area (Å²) in [6, 6.07) is 5.77. The van der Waals surface area contributed by atoms with Gasteiger partial charge in [0.25, 0.3) is 11.8 Å². The largest absolute Gasteiger partial charge is 0.478 e. The molecule has 2 N–H and O–H groups in total. The quantitative estimate of drug-likeness (QED) is 0.799. The summed E-state index contributed by atoms with van der Waals surface area (Å²) in [6.45, 7) is 7.32.